The minimum atomic E-state index is -0.350. The summed E-state index contributed by atoms with van der Waals surface area (Å²) in [6.45, 7) is 3.77. The van der Waals surface area contributed by atoms with Gasteiger partial charge < -0.3 is 20.9 Å². The molecule has 4 N–H and O–H groups in total. The van der Waals surface area contributed by atoms with Gasteiger partial charge in [-0.15, -0.1) is 0 Å². The predicted octanol–water partition coefficient (Wildman–Crippen LogP) is 4.61. The lowest BCUT2D eigenvalue weighted by molar-refractivity contribution is 0.0943. The summed E-state index contributed by atoms with van der Waals surface area (Å²) in [7, 11) is 0. The zero-order valence-electron chi connectivity index (χ0n) is 17.9. The number of carbonyl (C=O) groups excluding carboxylic acids is 2. The van der Waals surface area contributed by atoms with Gasteiger partial charge in [0.05, 0.1) is 23.4 Å². The van der Waals surface area contributed by atoms with Crippen molar-refractivity contribution in [2.45, 2.75) is 25.9 Å². The molecule has 7 nitrogen and oxygen atoms in total. The van der Waals surface area contributed by atoms with Gasteiger partial charge in [0.2, 0.25) is 0 Å². The van der Waals surface area contributed by atoms with Crippen LogP contribution in [0.5, 0.6) is 0 Å². The molecule has 162 valence electrons. The monoisotopic (exact) mass is 427 g/mol. The lowest BCUT2D eigenvalue weighted by Crippen LogP contribution is -2.34. The van der Waals surface area contributed by atoms with E-state index >= 15 is 0 Å². The van der Waals surface area contributed by atoms with Crippen molar-refractivity contribution in [2.24, 2.45) is 0 Å². The molecule has 3 amide bonds. The Morgan fingerprint density at radius 3 is 2.47 bits per heavy atom. The summed E-state index contributed by atoms with van der Waals surface area (Å²) in [5, 5.41) is 8.66. The zero-order chi connectivity index (χ0) is 22.5. The summed E-state index contributed by atoms with van der Waals surface area (Å²) in [4.78, 5) is 32.6. The van der Waals surface area contributed by atoms with E-state index in [0.29, 0.717) is 11.3 Å². The van der Waals surface area contributed by atoms with Gasteiger partial charge in [-0.2, -0.15) is 0 Å². The fourth-order valence-corrected chi connectivity index (χ4v) is 3.52. The second kappa shape index (κ2) is 9.34. The van der Waals surface area contributed by atoms with Crippen LogP contribution in [0, 0.1) is 0 Å². The third-order valence-electron chi connectivity index (χ3n) is 4.99. The number of nitrogens with zero attached hydrogens (tertiary/aromatic N) is 1. The lowest BCUT2D eigenvalue weighted by atomic mass is 9.97. The van der Waals surface area contributed by atoms with Crippen LogP contribution in [0.3, 0.4) is 0 Å². The van der Waals surface area contributed by atoms with E-state index in [9.17, 15) is 9.59 Å². The van der Waals surface area contributed by atoms with Gasteiger partial charge in [-0.25, -0.2) is 9.78 Å². The second-order valence-corrected chi connectivity index (χ2v) is 7.83. The quantitative estimate of drug-likeness (QED) is 0.362. The summed E-state index contributed by atoms with van der Waals surface area (Å²) in [5.74, 6) is -0.239. The highest BCUT2D eigenvalue weighted by Crippen LogP contribution is 2.25. The van der Waals surface area contributed by atoms with Gasteiger partial charge in [-0.3, -0.25) is 4.79 Å². The van der Waals surface area contributed by atoms with Crippen LogP contribution < -0.4 is 16.0 Å². The van der Waals surface area contributed by atoms with Crippen molar-refractivity contribution in [3.63, 3.8) is 0 Å². The molecule has 0 saturated carbocycles. The molecule has 4 rings (SSSR count). The van der Waals surface area contributed by atoms with Crippen LogP contribution in [-0.2, 0) is 0 Å². The maximum Gasteiger partial charge on any atom is 0.319 e. The molecule has 0 bridgehead atoms. The number of hydrogen-bond acceptors (Lipinski definition) is 3. The van der Waals surface area contributed by atoms with Crippen molar-refractivity contribution in [1.82, 2.24) is 20.6 Å². The number of imidazole rings is 1. The zero-order valence-corrected chi connectivity index (χ0v) is 17.9. The summed E-state index contributed by atoms with van der Waals surface area (Å²) in [6, 6.07) is 21.9. The smallest absolute Gasteiger partial charge is 0.319 e. The van der Waals surface area contributed by atoms with E-state index in [4.69, 9.17) is 0 Å². The number of aromatic amines is 1. The van der Waals surface area contributed by atoms with Gasteiger partial charge in [-0.1, -0.05) is 42.5 Å². The van der Waals surface area contributed by atoms with Crippen molar-refractivity contribution in [3.05, 3.63) is 95.8 Å². The third-order valence-corrected chi connectivity index (χ3v) is 4.99. The van der Waals surface area contributed by atoms with E-state index in [-0.39, 0.29) is 24.0 Å². The Kier molecular flexibility index (Phi) is 6.17. The SMILES string of the molecule is CC(C)NC(=O)Nc1cccc(C(=O)NC(c2ccccc2)c2ccc3nc[nH]c3c2)c1. The lowest BCUT2D eigenvalue weighted by Gasteiger charge is -2.20. The summed E-state index contributed by atoms with van der Waals surface area (Å²) in [5.41, 5.74) is 4.67. The fraction of sp³-hybridized carbons (Fsp3) is 0.160. The number of carbonyl (C=O) groups is 2. The molecule has 4 aromatic rings. The predicted molar refractivity (Wildman–Crippen MR) is 126 cm³/mol. The van der Waals surface area contributed by atoms with Crippen LogP contribution >= 0.6 is 0 Å². The van der Waals surface area contributed by atoms with Gasteiger partial charge in [0.15, 0.2) is 0 Å². The highest BCUT2D eigenvalue weighted by Gasteiger charge is 2.19. The number of urea groups is 1. The van der Waals surface area contributed by atoms with E-state index in [1.807, 2.05) is 62.4 Å². The maximum absolute atomic E-state index is 13.2. The molecule has 1 aromatic heterocycles. The molecule has 7 heteroatoms. The van der Waals surface area contributed by atoms with Gasteiger partial charge in [0.1, 0.15) is 0 Å². The van der Waals surface area contributed by atoms with Crippen LogP contribution in [-0.4, -0.2) is 27.9 Å². The van der Waals surface area contributed by atoms with Crippen LogP contribution in [0.1, 0.15) is 41.4 Å². The van der Waals surface area contributed by atoms with Gasteiger partial charge in [0.25, 0.3) is 5.91 Å². The molecule has 0 fully saturated rings. The fourth-order valence-electron chi connectivity index (χ4n) is 3.52. The molecule has 32 heavy (non-hydrogen) atoms. The largest absolute Gasteiger partial charge is 0.345 e. The Morgan fingerprint density at radius 1 is 0.875 bits per heavy atom. The Balaban J connectivity index is 1.59. The number of benzene rings is 3. The van der Waals surface area contributed by atoms with Crippen molar-refractivity contribution >= 4 is 28.7 Å². The molecular weight excluding hydrogens is 402 g/mol. The first-order valence-electron chi connectivity index (χ1n) is 10.5. The summed E-state index contributed by atoms with van der Waals surface area (Å²) >= 11 is 0. The van der Waals surface area contributed by atoms with Crippen LogP contribution in [0.25, 0.3) is 11.0 Å². The number of anilines is 1. The number of nitrogens with one attached hydrogen (secondary N) is 4. The van der Waals surface area contributed by atoms with Crippen molar-refractivity contribution in [1.29, 1.82) is 0 Å². The third kappa shape index (κ3) is 4.95. The first kappa shape index (κ1) is 21.1. The van der Waals surface area contributed by atoms with Crippen molar-refractivity contribution < 1.29 is 9.59 Å². The number of aromatic nitrogens is 2. The average Bonchev–Trinajstić information content (AvgIpc) is 3.25. The van der Waals surface area contributed by atoms with E-state index in [1.54, 1.807) is 30.6 Å². The number of hydrogen-bond donors (Lipinski definition) is 4. The van der Waals surface area contributed by atoms with Crippen LogP contribution in [0.15, 0.2) is 79.1 Å². The number of fused-ring (bicyclic) bond motifs is 1. The molecule has 0 radical (unpaired) electrons. The minimum absolute atomic E-state index is 0.0142. The Hall–Kier alpha value is -4.13. The Bertz CT molecular complexity index is 1230. The van der Waals surface area contributed by atoms with E-state index in [0.717, 1.165) is 22.2 Å². The van der Waals surface area contributed by atoms with Gasteiger partial charge in [0, 0.05) is 17.3 Å². The Labute approximate surface area is 186 Å². The molecule has 0 aliphatic heterocycles. The first-order valence-corrected chi connectivity index (χ1v) is 10.5. The normalized spacial score (nSPS) is 11.8. The topological polar surface area (TPSA) is 98.9 Å². The number of rotatable bonds is 6. The second-order valence-electron chi connectivity index (χ2n) is 7.83. The van der Waals surface area contributed by atoms with E-state index in [1.165, 1.54) is 0 Å². The molecule has 1 atom stereocenters. The highest BCUT2D eigenvalue weighted by atomic mass is 16.2. The molecule has 3 aromatic carbocycles. The minimum Gasteiger partial charge on any atom is -0.345 e. The van der Waals surface area contributed by atoms with E-state index in [2.05, 4.69) is 25.9 Å². The molecule has 0 spiro atoms. The average molecular weight is 428 g/mol. The summed E-state index contributed by atoms with van der Waals surface area (Å²) < 4.78 is 0. The summed E-state index contributed by atoms with van der Waals surface area (Å²) in [6.07, 6.45) is 1.65. The molecule has 1 heterocycles. The van der Waals surface area contributed by atoms with Crippen LogP contribution in [0.2, 0.25) is 0 Å². The number of H-pyrrole nitrogens is 1. The van der Waals surface area contributed by atoms with Crippen molar-refractivity contribution in [3.8, 4) is 0 Å². The van der Waals surface area contributed by atoms with Crippen molar-refractivity contribution in [2.75, 3.05) is 5.32 Å². The Morgan fingerprint density at radius 2 is 1.69 bits per heavy atom. The molecule has 0 aliphatic carbocycles. The standard InChI is InChI=1S/C25H25N5O2/c1-16(2)28-25(32)29-20-10-6-9-19(13-20)24(31)30-23(17-7-4-3-5-8-17)18-11-12-21-22(14-18)27-15-26-21/h3-16,23H,1-2H3,(H,26,27)(H,30,31)(H2,28,29,32). The first-order chi connectivity index (χ1) is 15.5. The van der Waals surface area contributed by atoms with Gasteiger partial charge in [-0.05, 0) is 55.3 Å². The molecule has 0 aliphatic rings. The maximum atomic E-state index is 13.2. The number of amides is 3. The molecule has 0 saturated heterocycles. The molecule has 1 unspecified atom stereocenters. The van der Waals surface area contributed by atoms with E-state index < -0.39 is 0 Å². The molecular formula is C25H25N5O2. The highest BCUT2D eigenvalue weighted by molar-refractivity contribution is 5.97. The van der Waals surface area contributed by atoms with Gasteiger partial charge >= 0.3 is 6.03 Å². The van der Waals surface area contributed by atoms with Crippen LogP contribution in [0.4, 0.5) is 10.5 Å².